The number of halogens is 2. The molecule has 0 heterocycles. The van der Waals surface area contributed by atoms with Crippen LogP contribution in [0.1, 0.15) is 0 Å². The highest BCUT2D eigenvalue weighted by molar-refractivity contribution is 9.10. The summed E-state index contributed by atoms with van der Waals surface area (Å²) in [5.74, 6) is 0.301. The molecule has 0 fully saturated rings. The van der Waals surface area contributed by atoms with Crippen LogP contribution in [-0.2, 0) is 0 Å². The van der Waals surface area contributed by atoms with Gasteiger partial charge in [0.1, 0.15) is 5.75 Å². The Labute approximate surface area is 156 Å². The van der Waals surface area contributed by atoms with E-state index in [1.54, 1.807) is 6.07 Å². The first-order valence-electron chi connectivity index (χ1n) is 7.23. The molecule has 0 saturated carbocycles. The number of hydrogen-bond acceptors (Lipinski definition) is 1. The molecule has 0 aliphatic carbocycles. The van der Waals surface area contributed by atoms with Gasteiger partial charge < -0.3 is 10.6 Å². The molecule has 120 valence electrons. The van der Waals surface area contributed by atoms with E-state index in [9.17, 15) is 5.11 Å². The van der Waals surface area contributed by atoms with Crippen molar-refractivity contribution in [1.82, 2.24) is 0 Å². The number of hydrogen-bond donors (Lipinski definition) is 1. The molecule has 0 radical (unpaired) electrons. The van der Waals surface area contributed by atoms with Gasteiger partial charge in [-0.05, 0) is 57.4 Å². The van der Waals surface area contributed by atoms with Crippen molar-refractivity contribution in [2.45, 2.75) is 0 Å². The molecule has 4 aromatic rings. The Bertz CT molecular complexity index is 1060. The molecular weight excluding hydrogens is 432 g/mol. The monoisotopic (exact) mass is 444 g/mol. The van der Waals surface area contributed by atoms with Gasteiger partial charge in [-0.15, -0.1) is 0 Å². The number of phenols is 1. The molecule has 24 heavy (non-hydrogen) atoms. The second-order valence-corrected chi connectivity index (χ2v) is 7.33. The van der Waals surface area contributed by atoms with Crippen molar-refractivity contribution in [3.63, 3.8) is 0 Å². The molecule has 0 unspecified atom stereocenters. The maximum absolute atomic E-state index is 10.5. The number of rotatable bonds is 1. The summed E-state index contributed by atoms with van der Waals surface area (Å²) in [7, 11) is 0. The van der Waals surface area contributed by atoms with Crippen LogP contribution in [-0.4, -0.2) is 10.6 Å². The Morgan fingerprint density at radius 3 is 2.00 bits per heavy atom. The molecule has 2 nitrogen and oxygen atoms in total. The SMILES string of the molecule is O.Oc1ccc2cc(Br)ccc2c1-c1cccc2cc(Br)ccc12. The summed E-state index contributed by atoms with van der Waals surface area (Å²) in [6.07, 6.45) is 0. The topological polar surface area (TPSA) is 51.7 Å². The summed E-state index contributed by atoms with van der Waals surface area (Å²) in [5.41, 5.74) is 1.92. The molecule has 0 bridgehead atoms. The fourth-order valence-electron chi connectivity index (χ4n) is 3.04. The average Bonchev–Trinajstić information content (AvgIpc) is 2.54. The predicted octanol–water partition coefficient (Wildman–Crippen LogP) is 6.07. The van der Waals surface area contributed by atoms with Gasteiger partial charge in [-0.3, -0.25) is 0 Å². The fraction of sp³-hybridized carbons (Fsp3) is 0. The molecule has 3 N–H and O–H groups in total. The second kappa shape index (κ2) is 6.55. The van der Waals surface area contributed by atoms with Crippen LogP contribution in [0.5, 0.6) is 5.75 Å². The van der Waals surface area contributed by atoms with Crippen molar-refractivity contribution in [2.24, 2.45) is 0 Å². The third-order valence-corrected chi connectivity index (χ3v) is 5.06. The third kappa shape index (κ3) is 2.81. The molecule has 0 aromatic heterocycles. The van der Waals surface area contributed by atoms with Gasteiger partial charge in [0, 0.05) is 14.5 Å². The number of benzene rings is 4. The minimum absolute atomic E-state index is 0. The zero-order valence-electron chi connectivity index (χ0n) is 12.6. The molecule has 0 aliphatic heterocycles. The lowest BCUT2D eigenvalue weighted by atomic mass is 9.93. The first-order valence-corrected chi connectivity index (χ1v) is 8.82. The van der Waals surface area contributed by atoms with Crippen molar-refractivity contribution >= 4 is 53.4 Å². The van der Waals surface area contributed by atoms with Gasteiger partial charge in [-0.2, -0.15) is 0 Å². The minimum Gasteiger partial charge on any atom is -0.507 e. The van der Waals surface area contributed by atoms with Crippen molar-refractivity contribution in [3.8, 4) is 16.9 Å². The van der Waals surface area contributed by atoms with E-state index in [2.05, 4.69) is 62.2 Å². The molecule has 0 saturated heterocycles. The van der Waals surface area contributed by atoms with Crippen LogP contribution >= 0.6 is 31.9 Å². The Balaban J connectivity index is 0.00000169. The first kappa shape index (κ1) is 17.0. The van der Waals surface area contributed by atoms with E-state index in [0.29, 0.717) is 5.75 Å². The molecule has 0 atom stereocenters. The lowest BCUT2D eigenvalue weighted by molar-refractivity contribution is 0.478. The molecule has 0 aliphatic rings. The minimum atomic E-state index is 0. The Morgan fingerprint density at radius 1 is 0.667 bits per heavy atom. The third-order valence-electron chi connectivity index (χ3n) is 4.07. The van der Waals surface area contributed by atoms with E-state index in [1.807, 2.05) is 30.3 Å². The zero-order valence-corrected chi connectivity index (χ0v) is 15.7. The lowest BCUT2D eigenvalue weighted by Crippen LogP contribution is -1.86. The van der Waals surface area contributed by atoms with Crippen LogP contribution in [0.3, 0.4) is 0 Å². The molecule has 0 spiro atoms. The van der Waals surface area contributed by atoms with Crippen LogP contribution in [0.25, 0.3) is 32.7 Å². The van der Waals surface area contributed by atoms with Gasteiger partial charge >= 0.3 is 0 Å². The highest BCUT2D eigenvalue weighted by Crippen LogP contribution is 2.40. The summed E-state index contributed by atoms with van der Waals surface area (Å²) in [6, 6.07) is 22.2. The second-order valence-electron chi connectivity index (χ2n) is 5.50. The molecule has 0 amide bonds. The van der Waals surface area contributed by atoms with Crippen molar-refractivity contribution in [2.75, 3.05) is 0 Å². The van der Waals surface area contributed by atoms with Crippen LogP contribution < -0.4 is 0 Å². The Hall–Kier alpha value is -1.88. The zero-order chi connectivity index (χ0) is 16.0. The van der Waals surface area contributed by atoms with Gasteiger partial charge in [0.15, 0.2) is 0 Å². The summed E-state index contributed by atoms with van der Waals surface area (Å²) in [4.78, 5) is 0. The van der Waals surface area contributed by atoms with Gasteiger partial charge in [-0.25, -0.2) is 0 Å². The maximum Gasteiger partial charge on any atom is 0.124 e. The Kier molecular flexibility index (Phi) is 4.63. The molecular formula is C20H14Br2O2. The van der Waals surface area contributed by atoms with E-state index >= 15 is 0 Å². The van der Waals surface area contributed by atoms with E-state index in [4.69, 9.17) is 0 Å². The smallest absolute Gasteiger partial charge is 0.124 e. The molecule has 4 rings (SSSR count). The number of aromatic hydroxyl groups is 1. The van der Waals surface area contributed by atoms with Crippen molar-refractivity contribution in [1.29, 1.82) is 0 Å². The van der Waals surface area contributed by atoms with E-state index in [0.717, 1.165) is 41.6 Å². The highest BCUT2D eigenvalue weighted by Gasteiger charge is 2.12. The first-order chi connectivity index (χ1) is 11.1. The standard InChI is InChI=1S/C20H12Br2O.H2O/c21-14-5-7-16-12(10-14)2-1-3-18(16)20-17-8-6-15(22)11-13(17)4-9-19(20)23;/h1-11,23H;1H2. The highest BCUT2D eigenvalue weighted by atomic mass is 79.9. The van der Waals surface area contributed by atoms with Crippen LogP contribution in [0.2, 0.25) is 0 Å². The summed E-state index contributed by atoms with van der Waals surface area (Å²) >= 11 is 7.03. The van der Waals surface area contributed by atoms with E-state index in [1.165, 1.54) is 0 Å². The van der Waals surface area contributed by atoms with Gasteiger partial charge in [0.2, 0.25) is 0 Å². The number of phenolic OH excluding ortho intramolecular Hbond substituents is 1. The maximum atomic E-state index is 10.5. The number of fused-ring (bicyclic) bond motifs is 2. The van der Waals surface area contributed by atoms with Crippen molar-refractivity contribution in [3.05, 3.63) is 75.7 Å². The van der Waals surface area contributed by atoms with Gasteiger partial charge in [0.05, 0.1) is 0 Å². The molecule has 4 heteroatoms. The quantitative estimate of drug-likeness (QED) is 0.380. The summed E-state index contributed by atoms with van der Waals surface area (Å²) in [6.45, 7) is 0. The van der Waals surface area contributed by atoms with Gasteiger partial charge in [-0.1, -0.05) is 68.3 Å². The van der Waals surface area contributed by atoms with Gasteiger partial charge in [0.25, 0.3) is 0 Å². The van der Waals surface area contributed by atoms with E-state index < -0.39 is 0 Å². The Morgan fingerprint density at radius 2 is 1.29 bits per heavy atom. The van der Waals surface area contributed by atoms with Crippen LogP contribution in [0.4, 0.5) is 0 Å². The average molecular weight is 446 g/mol. The lowest BCUT2D eigenvalue weighted by Gasteiger charge is -2.13. The largest absolute Gasteiger partial charge is 0.507 e. The van der Waals surface area contributed by atoms with Crippen molar-refractivity contribution < 1.29 is 10.6 Å². The normalized spacial score (nSPS) is 10.8. The predicted molar refractivity (Wildman–Crippen MR) is 108 cm³/mol. The fourth-order valence-corrected chi connectivity index (χ4v) is 3.80. The van der Waals surface area contributed by atoms with Crippen LogP contribution in [0.15, 0.2) is 75.7 Å². The molecule has 4 aromatic carbocycles. The van der Waals surface area contributed by atoms with Crippen LogP contribution in [0, 0.1) is 0 Å². The summed E-state index contributed by atoms with van der Waals surface area (Å²) in [5, 5.41) is 14.9. The summed E-state index contributed by atoms with van der Waals surface area (Å²) < 4.78 is 2.08. The van der Waals surface area contributed by atoms with E-state index in [-0.39, 0.29) is 5.48 Å².